The minimum Gasteiger partial charge on any atom is -0.466 e. The largest absolute Gasteiger partial charge is 0.466 e. The molecule has 10 heavy (non-hydrogen) atoms. The highest BCUT2D eigenvalue weighted by Crippen LogP contribution is 1.91. The second-order valence-electron chi connectivity index (χ2n) is 2.05. The second kappa shape index (κ2) is 6.33. The van der Waals surface area contributed by atoms with E-state index in [9.17, 15) is 4.79 Å². The first-order valence-corrected chi connectivity index (χ1v) is 3.52. The Kier molecular flexibility index (Phi) is 5.83. The number of hydrogen-bond acceptors (Lipinski definition) is 2. The molecule has 0 aromatic heterocycles. The topological polar surface area (TPSA) is 26.3 Å². The predicted molar refractivity (Wildman–Crippen MR) is 40.7 cm³/mol. The van der Waals surface area contributed by atoms with Crippen LogP contribution in [0.15, 0.2) is 12.2 Å². The zero-order chi connectivity index (χ0) is 7.82. The Morgan fingerprint density at radius 1 is 1.60 bits per heavy atom. The van der Waals surface area contributed by atoms with Gasteiger partial charge >= 0.3 is 5.97 Å². The van der Waals surface area contributed by atoms with E-state index < -0.39 is 0 Å². The van der Waals surface area contributed by atoms with Crippen molar-refractivity contribution in [2.75, 3.05) is 6.61 Å². The smallest absolute Gasteiger partial charge is 0.302 e. The van der Waals surface area contributed by atoms with Gasteiger partial charge in [-0.1, -0.05) is 12.2 Å². The first kappa shape index (κ1) is 9.21. The molecule has 0 unspecified atom stereocenters. The van der Waals surface area contributed by atoms with Crippen LogP contribution in [0.4, 0.5) is 0 Å². The Hall–Kier alpha value is -0.790. The summed E-state index contributed by atoms with van der Waals surface area (Å²) in [6, 6.07) is 0. The van der Waals surface area contributed by atoms with Gasteiger partial charge in [0.15, 0.2) is 0 Å². The summed E-state index contributed by atoms with van der Waals surface area (Å²) in [7, 11) is 0. The molecule has 0 atom stereocenters. The molecule has 0 aromatic carbocycles. The molecular formula is C8H14O2. The van der Waals surface area contributed by atoms with Crippen LogP contribution in [-0.4, -0.2) is 12.6 Å². The number of rotatable bonds is 4. The molecule has 0 aliphatic heterocycles. The lowest BCUT2D eigenvalue weighted by Gasteiger charge is -1.97. The normalized spacial score (nSPS) is 10.2. The number of carbonyl (C=O) groups is 1. The van der Waals surface area contributed by atoms with Crippen molar-refractivity contribution in [3.63, 3.8) is 0 Å². The van der Waals surface area contributed by atoms with E-state index in [0.29, 0.717) is 6.61 Å². The van der Waals surface area contributed by atoms with Crippen molar-refractivity contribution in [1.29, 1.82) is 0 Å². The zero-order valence-corrected chi connectivity index (χ0v) is 6.59. The van der Waals surface area contributed by atoms with Crippen molar-refractivity contribution in [2.45, 2.75) is 26.7 Å². The summed E-state index contributed by atoms with van der Waals surface area (Å²) < 4.78 is 4.72. The lowest BCUT2D eigenvalue weighted by molar-refractivity contribution is -0.141. The van der Waals surface area contributed by atoms with Crippen molar-refractivity contribution in [3.05, 3.63) is 12.2 Å². The van der Waals surface area contributed by atoms with Gasteiger partial charge < -0.3 is 4.74 Å². The molecule has 2 heteroatoms. The number of unbranched alkanes of at least 4 members (excludes halogenated alkanes) is 1. The van der Waals surface area contributed by atoms with Crippen LogP contribution < -0.4 is 0 Å². The molecule has 0 aliphatic rings. The highest BCUT2D eigenvalue weighted by atomic mass is 16.5. The van der Waals surface area contributed by atoms with Gasteiger partial charge in [0.2, 0.25) is 0 Å². The van der Waals surface area contributed by atoms with Crippen LogP contribution in [0.3, 0.4) is 0 Å². The van der Waals surface area contributed by atoms with Crippen molar-refractivity contribution in [3.8, 4) is 0 Å². The van der Waals surface area contributed by atoms with Gasteiger partial charge in [-0.05, 0) is 19.8 Å². The highest BCUT2D eigenvalue weighted by molar-refractivity contribution is 5.65. The average molecular weight is 142 g/mol. The van der Waals surface area contributed by atoms with Gasteiger partial charge in [-0.3, -0.25) is 4.79 Å². The van der Waals surface area contributed by atoms with E-state index >= 15 is 0 Å². The van der Waals surface area contributed by atoms with Crippen LogP contribution in [0, 0.1) is 0 Å². The fourth-order valence-electron chi connectivity index (χ4n) is 0.584. The van der Waals surface area contributed by atoms with Crippen LogP contribution in [0.1, 0.15) is 26.7 Å². The molecule has 2 nitrogen and oxygen atoms in total. The Labute approximate surface area is 61.9 Å². The summed E-state index contributed by atoms with van der Waals surface area (Å²) in [5, 5.41) is 0. The molecule has 0 amide bonds. The molecule has 0 fully saturated rings. The Bertz CT molecular complexity index is 116. The molecule has 58 valence electrons. The third-order valence-electron chi connectivity index (χ3n) is 1.06. The van der Waals surface area contributed by atoms with Gasteiger partial charge in [0, 0.05) is 6.92 Å². The number of hydrogen-bond donors (Lipinski definition) is 0. The minimum atomic E-state index is -0.194. The van der Waals surface area contributed by atoms with Crippen LogP contribution in [-0.2, 0) is 9.53 Å². The van der Waals surface area contributed by atoms with E-state index in [2.05, 4.69) is 6.08 Å². The molecular weight excluding hydrogens is 128 g/mol. The summed E-state index contributed by atoms with van der Waals surface area (Å²) in [5.41, 5.74) is 0. The average Bonchev–Trinajstić information content (AvgIpc) is 1.87. The molecule has 0 aromatic rings. The molecule has 0 bridgehead atoms. The van der Waals surface area contributed by atoms with E-state index in [0.717, 1.165) is 12.8 Å². The van der Waals surface area contributed by atoms with Gasteiger partial charge in [0.25, 0.3) is 0 Å². The quantitative estimate of drug-likeness (QED) is 0.340. The number of carbonyl (C=O) groups excluding carboxylic acids is 1. The van der Waals surface area contributed by atoms with Crippen molar-refractivity contribution in [2.24, 2.45) is 0 Å². The van der Waals surface area contributed by atoms with Crippen LogP contribution >= 0.6 is 0 Å². The van der Waals surface area contributed by atoms with Crippen LogP contribution in [0.25, 0.3) is 0 Å². The third kappa shape index (κ3) is 7.21. The van der Waals surface area contributed by atoms with E-state index in [-0.39, 0.29) is 5.97 Å². The Morgan fingerprint density at radius 2 is 2.30 bits per heavy atom. The van der Waals surface area contributed by atoms with Crippen molar-refractivity contribution in [1.82, 2.24) is 0 Å². The number of allylic oxidation sites excluding steroid dienone is 2. The molecule has 0 heterocycles. The van der Waals surface area contributed by atoms with Gasteiger partial charge in [0.05, 0.1) is 6.61 Å². The fourth-order valence-corrected chi connectivity index (χ4v) is 0.584. The maximum atomic E-state index is 10.2. The molecule has 0 saturated carbocycles. The van der Waals surface area contributed by atoms with E-state index in [4.69, 9.17) is 4.74 Å². The molecule has 0 saturated heterocycles. The summed E-state index contributed by atoms with van der Waals surface area (Å²) in [6.45, 7) is 3.95. The summed E-state index contributed by atoms with van der Waals surface area (Å²) in [4.78, 5) is 10.2. The zero-order valence-electron chi connectivity index (χ0n) is 6.59. The maximum Gasteiger partial charge on any atom is 0.302 e. The monoisotopic (exact) mass is 142 g/mol. The molecule has 0 rings (SSSR count). The molecule has 0 aliphatic carbocycles. The number of esters is 1. The summed E-state index contributed by atoms with van der Waals surface area (Å²) >= 11 is 0. The van der Waals surface area contributed by atoms with Gasteiger partial charge in [-0.15, -0.1) is 0 Å². The predicted octanol–water partition coefficient (Wildman–Crippen LogP) is 1.91. The molecule has 0 spiro atoms. The Morgan fingerprint density at radius 3 is 2.80 bits per heavy atom. The Balaban J connectivity index is 2.98. The third-order valence-corrected chi connectivity index (χ3v) is 1.06. The summed E-state index contributed by atoms with van der Waals surface area (Å²) in [5.74, 6) is -0.194. The van der Waals surface area contributed by atoms with E-state index in [1.807, 2.05) is 13.0 Å². The van der Waals surface area contributed by atoms with Gasteiger partial charge in [-0.2, -0.15) is 0 Å². The standard InChI is InChI=1S/C8H14O2/c1-3-4-5-6-7-10-8(2)9/h3-4H,5-7H2,1-2H3. The van der Waals surface area contributed by atoms with E-state index in [1.165, 1.54) is 6.92 Å². The highest BCUT2D eigenvalue weighted by Gasteiger charge is 1.89. The van der Waals surface area contributed by atoms with Crippen molar-refractivity contribution >= 4 is 5.97 Å². The fraction of sp³-hybridized carbons (Fsp3) is 0.625. The van der Waals surface area contributed by atoms with Crippen LogP contribution in [0.5, 0.6) is 0 Å². The first-order valence-electron chi connectivity index (χ1n) is 3.52. The maximum absolute atomic E-state index is 10.2. The lowest BCUT2D eigenvalue weighted by atomic mass is 10.3. The summed E-state index contributed by atoms with van der Waals surface area (Å²) in [6.07, 6.45) is 5.96. The lowest BCUT2D eigenvalue weighted by Crippen LogP contribution is -1.99. The number of ether oxygens (including phenoxy) is 1. The SMILES string of the molecule is CC=CCCCOC(C)=O. The van der Waals surface area contributed by atoms with Gasteiger partial charge in [-0.25, -0.2) is 0 Å². The second-order valence-corrected chi connectivity index (χ2v) is 2.05. The van der Waals surface area contributed by atoms with Crippen molar-refractivity contribution < 1.29 is 9.53 Å². The van der Waals surface area contributed by atoms with Gasteiger partial charge in [0.1, 0.15) is 0 Å². The molecule has 0 radical (unpaired) electrons. The first-order chi connectivity index (χ1) is 4.77. The van der Waals surface area contributed by atoms with Crippen LogP contribution in [0.2, 0.25) is 0 Å². The minimum absolute atomic E-state index is 0.194. The molecule has 0 N–H and O–H groups in total. The van der Waals surface area contributed by atoms with E-state index in [1.54, 1.807) is 0 Å².